The molecule has 2 aromatic heterocycles. The summed E-state index contributed by atoms with van der Waals surface area (Å²) in [5.41, 5.74) is 1.45. The smallest absolute Gasteiger partial charge is 0.310 e. The van der Waals surface area contributed by atoms with Crippen LogP contribution in [0.15, 0.2) is 67.1 Å². The lowest BCUT2D eigenvalue weighted by atomic mass is 10.1. The third kappa shape index (κ3) is 3.83. The summed E-state index contributed by atoms with van der Waals surface area (Å²) in [6.45, 7) is 0. The Hall–Kier alpha value is -4.19. The molecule has 154 valence electrons. The minimum Gasteiger partial charge on any atom is -0.310 e. The molecule has 2 heterocycles. The molecule has 31 heavy (non-hydrogen) atoms. The highest BCUT2D eigenvalue weighted by molar-refractivity contribution is 6.04. The zero-order valence-electron chi connectivity index (χ0n) is 16.1. The second-order valence-corrected chi connectivity index (χ2v) is 6.75. The molecule has 0 aliphatic rings. The molecule has 4 aromatic rings. The summed E-state index contributed by atoms with van der Waals surface area (Å²) in [5, 5.41) is 8.90. The van der Waals surface area contributed by atoms with E-state index in [1.165, 1.54) is 34.0 Å². The zero-order valence-corrected chi connectivity index (χ0v) is 16.1. The molecule has 9 heteroatoms. The maximum absolute atomic E-state index is 13.1. The minimum atomic E-state index is -4.47. The highest BCUT2D eigenvalue weighted by Gasteiger charge is 2.30. The van der Waals surface area contributed by atoms with Gasteiger partial charge < -0.3 is 4.90 Å². The lowest BCUT2D eigenvalue weighted by Gasteiger charge is -2.17. The number of anilines is 1. The summed E-state index contributed by atoms with van der Waals surface area (Å²) in [6, 6.07) is 13.4. The molecule has 0 unspecified atom stereocenters. The van der Waals surface area contributed by atoms with E-state index in [0.717, 1.165) is 12.1 Å². The van der Waals surface area contributed by atoms with E-state index in [-0.39, 0.29) is 5.69 Å². The van der Waals surface area contributed by atoms with Crippen LogP contribution in [0.1, 0.15) is 21.6 Å². The van der Waals surface area contributed by atoms with Gasteiger partial charge in [-0.1, -0.05) is 12.1 Å². The number of benzene rings is 2. The number of carbonyl (C=O) groups excluding carboxylic acids is 1. The predicted molar refractivity (Wildman–Crippen MR) is 107 cm³/mol. The quantitative estimate of drug-likeness (QED) is 0.486. The van der Waals surface area contributed by atoms with Gasteiger partial charge in [0.15, 0.2) is 5.65 Å². The number of alkyl halides is 3. The SMILES string of the molecule is CN(C(=O)c1cn2c(-c3cccc(C(F)(F)F)c3)cnc2cn1)c1ccc(C#N)cc1. The van der Waals surface area contributed by atoms with Crippen LogP contribution in [0.2, 0.25) is 0 Å². The summed E-state index contributed by atoms with van der Waals surface area (Å²) in [6.07, 6.45) is -0.203. The van der Waals surface area contributed by atoms with Crippen LogP contribution in [0.25, 0.3) is 16.9 Å². The topological polar surface area (TPSA) is 74.3 Å². The first-order chi connectivity index (χ1) is 14.8. The van der Waals surface area contributed by atoms with E-state index in [1.54, 1.807) is 37.4 Å². The third-order valence-electron chi connectivity index (χ3n) is 4.79. The van der Waals surface area contributed by atoms with Crippen molar-refractivity contribution in [3.05, 3.63) is 83.9 Å². The molecule has 0 N–H and O–H groups in total. The number of hydrogen-bond donors (Lipinski definition) is 0. The van der Waals surface area contributed by atoms with Crippen LogP contribution in [0.5, 0.6) is 0 Å². The van der Waals surface area contributed by atoms with Crippen LogP contribution < -0.4 is 4.90 Å². The van der Waals surface area contributed by atoms with Gasteiger partial charge >= 0.3 is 6.18 Å². The molecular weight excluding hydrogens is 407 g/mol. The van der Waals surface area contributed by atoms with Crippen LogP contribution in [0.4, 0.5) is 18.9 Å². The molecule has 0 saturated carbocycles. The van der Waals surface area contributed by atoms with Gasteiger partial charge in [0.1, 0.15) is 5.69 Å². The van der Waals surface area contributed by atoms with Gasteiger partial charge in [-0.25, -0.2) is 9.97 Å². The Labute approximate surface area is 174 Å². The average molecular weight is 421 g/mol. The molecule has 4 rings (SSSR count). The van der Waals surface area contributed by atoms with Gasteiger partial charge in [0.25, 0.3) is 5.91 Å². The maximum Gasteiger partial charge on any atom is 0.416 e. The van der Waals surface area contributed by atoms with Crippen molar-refractivity contribution in [3.8, 4) is 17.3 Å². The first-order valence-electron chi connectivity index (χ1n) is 9.07. The highest BCUT2D eigenvalue weighted by Crippen LogP contribution is 2.32. The van der Waals surface area contributed by atoms with Gasteiger partial charge in [0.05, 0.1) is 35.3 Å². The molecule has 0 atom stereocenters. The minimum absolute atomic E-state index is 0.0885. The number of imidazole rings is 1. The summed E-state index contributed by atoms with van der Waals surface area (Å²) < 4.78 is 40.8. The van der Waals surface area contributed by atoms with Gasteiger partial charge in [-0.2, -0.15) is 18.4 Å². The van der Waals surface area contributed by atoms with Crippen LogP contribution in [0.3, 0.4) is 0 Å². The fourth-order valence-corrected chi connectivity index (χ4v) is 3.12. The molecular formula is C22H14F3N5O. The molecule has 0 aliphatic carbocycles. The Morgan fingerprint density at radius 2 is 1.84 bits per heavy atom. The van der Waals surface area contributed by atoms with Crippen LogP contribution in [-0.2, 0) is 6.18 Å². The number of nitriles is 1. The number of rotatable bonds is 3. The second-order valence-electron chi connectivity index (χ2n) is 6.75. The monoisotopic (exact) mass is 421 g/mol. The molecule has 0 aliphatic heterocycles. The van der Waals surface area contributed by atoms with Crippen molar-refractivity contribution in [1.29, 1.82) is 5.26 Å². The number of hydrogen-bond acceptors (Lipinski definition) is 4. The number of aromatic nitrogens is 3. The standard InChI is InChI=1S/C22H14F3N5O/c1-29(17-7-5-14(10-26)6-8-17)21(31)18-13-30-19(11-28-20(30)12-27-18)15-3-2-4-16(9-15)22(23,24)25/h2-9,11-13H,1H3. The number of fused-ring (bicyclic) bond motifs is 1. The third-order valence-corrected chi connectivity index (χ3v) is 4.79. The number of amides is 1. The highest BCUT2D eigenvalue weighted by atomic mass is 19.4. The maximum atomic E-state index is 13.1. The number of carbonyl (C=O) groups is 1. The van der Waals surface area contributed by atoms with Crippen LogP contribution in [-0.4, -0.2) is 27.3 Å². The molecule has 0 bridgehead atoms. The van der Waals surface area contributed by atoms with Crippen molar-refractivity contribution in [2.24, 2.45) is 0 Å². The van der Waals surface area contributed by atoms with Crippen molar-refractivity contribution >= 4 is 17.2 Å². The second kappa shape index (κ2) is 7.57. The van der Waals surface area contributed by atoms with E-state index in [0.29, 0.717) is 28.2 Å². The summed E-state index contributed by atoms with van der Waals surface area (Å²) in [4.78, 5) is 22.6. The molecule has 0 spiro atoms. The predicted octanol–water partition coefficient (Wildman–Crippen LogP) is 4.56. The summed E-state index contributed by atoms with van der Waals surface area (Å²) in [7, 11) is 1.57. The Balaban J connectivity index is 1.71. The molecule has 0 radical (unpaired) electrons. The Morgan fingerprint density at radius 3 is 2.52 bits per heavy atom. The van der Waals surface area contributed by atoms with Crippen molar-refractivity contribution in [2.75, 3.05) is 11.9 Å². The largest absolute Gasteiger partial charge is 0.416 e. The van der Waals surface area contributed by atoms with Crippen LogP contribution >= 0.6 is 0 Å². The fraction of sp³-hybridized carbons (Fsp3) is 0.0909. The molecule has 1 amide bonds. The summed E-state index contributed by atoms with van der Waals surface area (Å²) >= 11 is 0. The van der Waals surface area contributed by atoms with E-state index >= 15 is 0 Å². The van der Waals surface area contributed by atoms with E-state index in [9.17, 15) is 18.0 Å². The van der Waals surface area contributed by atoms with E-state index < -0.39 is 17.6 Å². The first-order valence-corrected chi connectivity index (χ1v) is 9.07. The fourth-order valence-electron chi connectivity index (χ4n) is 3.12. The van der Waals surface area contributed by atoms with Crippen molar-refractivity contribution in [2.45, 2.75) is 6.18 Å². The Bertz CT molecular complexity index is 1320. The molecule has 0 saturated heterocycles. The number of halogens is 3. The normalized spacial score (nSPS) is 11.3. The van der Waals surface area contributed by atoms with Crippen molar-refractivity contribution in [1.82, 2.24) is 14.4 Å². The van der Waals surface area contributed by atoms with E-state index in [4.69, 9.17) is 5.26 Å². The lowest BCUT2D eigenvalue weighted by molar-refractivity contribution is -0.137. The Kier molecular flexibility index (Phi) is 4.91. The molecule has 0 fully saturated rings. The Morgan fingerprint density at radius 1 is 1.10 bits per heavy atom. The van der Waals surface area contributed by atoms with Crippen LogP contribution in [0, 0.1) is 11.3 Å². The van der Waals surface area contributed by atoms with Gasteiger partial charge in [-0.05, 0) is 36.4 Å². The van der Waals surface area contributed by atoms with Gasteiger partial charge in [0.2, 0.25) is 0 Å². The first kappa shape index (κ1) is 20.1. The summed E-state index contributed by atoms with van der Waals surface area (Å²) in [5.74, 6) is -0.421. The van der Waals surface area contributed by atoms with Crippen molar-refractivity contribution in [3.63, 3.8) is 0 Å². The molecule has 6 nitrogen and oxygen atoms in total. The zero-order chi connectivity index (χ0) is 22.2. The van der Waals surface area contributed by atoms with Gasteiger partial charge in [0, 0.05) is 24.5 Å². The van der Waals surface area contributed by atoms with E-state index in [2.05, 4.69) is 9.97 Å². The number of nitrogens with zero attached hydrogens (tertiary/aromatic N) is 5. The molecule has 2 aromatic carbocycles. The van der Waals surface area contributed by atoms with Gasteiger partial charge in [-0.3, -0.25) is 9.20 Å². The van der Waals surface area contributed by atoms with Gasteiger partial charge in [-0.15, -0.1) is 0 Å². The lowest BCUT2D eigenvalue weighted by Crippen LogP contribution is -2.27. The average Bonchev–Trinajstić information content (AvgIpc) is 3.21. The van der Waals surface area contributed by atoms with E-state index in [1.807, 2.05) is 6.07 Å². The van der Waals surface area contributed by atoms with Crippen molar-refractivity contribution < 1.29 is 18.0 Å².